The highest BCUT2D eigenvalue weighted by Crippen LogP contribution is 2.23. The van der Waals surface area contributed by atoms with Gasteiger partial charge in [-0.15, -0.1) is 0 Å². The van der Waals surface area contributed by atoms with Crippen LogP contribution in [0.3, 0.4) is 0 Å². The maximum atomic E-state index is 11.2. The first-order valence-electron chi connectivity index (χ1n) is 3.73. The molecule has 74 valence electrons. The summed E-state index contributed by atoms with van der Waals surface area (Å²) in [4.78, 5) is 3.90. The molecule has 6 heteroatoms. The van der Waals surface area contributed by atoms with Crippen LogP contribution in [0.15, 0.2) is 16.1 Å². The quantitative estimate of drug-likeness (QED) is 0.797. The summed E-state index contributed by atoms with van der Waals surface area (Å²) in [6.07, 6.45) is 0. The summed E-state index contributed by atoms with van der Waals surface area (Å²) in [7, 11) is -3.23. The van der Waals surface area contributed by atoms with Crippen molar-refractivity contribution in [3.63, 3.8) is 0 Å². The molecule has 0 bridgehead atoms. The summed E-state index contributed by atoms with van der Waals surface area (Å²) in [5.41, 5.74) is 0.616. The predicted molar refractivity (Wildman–Crippen MR) is 61.0 cm³/mol. The van der Waals surface area contributed by atoms with E-state index in [1.165, 1.54) is 5.41 Å². The largest absolute Gasteiger partial charge is 0.232 e. The average Bonchev–Trinajstić information content (AvgIpc) is 2.22. The minimum Gasteiger partial charge on any atom is -0.232 e. The van der Waals surface area contributed by atoms with E-state index >= 15 is 0 Å². The minimum atomic E-state index is -3.23. The number of sulfone groups is 1. The summed E-state index contributed by atoms with van der Waals surface area (Å²) in [6.45, 7) is 4.13. The van der Waals surface area contributed by atoms with Gasteiger partial charge in [0, 0.05) is 5.75 Å². The summed E-state index contributed by atoms with van der Waals surface area (Å²) < 4.78 is 22.3. The van der Waals surface area contributed by atoms with Crippen LogP contribution in [0.4, 0.5) is 0 Å². The van der Waals surface area contributed by atoms with Gasteiger partial charge in [0.05, 0.1) is 11.1 Å². The van der Waals surface area contributed by atoms with Gasteiger partial charge < -0.3 is 0 Å². The van der Waals surface area contributed by atoms with Crippen LogP contribution in [0, 0.1) is 0 Å². The molecule has 0 N–H and O–H groups in total. The fourth-order valence-electron chi connectivity index (χ4n) is 0.749. The standard InChI is InChI=1S/C7H10BrNO2S2/c1-5(2)12-3-6-4-13(10,11)7(8)9-6/h4-5H,3H2,1-2H3. The molecule has 0 aromatic heterocycles. The second kappa shape index (κ2) is 4.14. The molecule has 0 unspecified atom stereocenters. The first kappa shape index (κ1) is 11.3. The van der Waals surface area contributed by atoms with Gasteiger partial charge in [0.15, 0.2) is 0 Å². The van der Waals surface area contributed by atoms with Crippen molar-refractivity contribution in [1.82, 2.24) is 0 Å². The average molecular weight is 284 g/mol. The van der Waals surface area contributed by atoms with Gasteiger partial charge in [-0.05, 0) is 21.2 Å². The Morgan fingerprint density at radius 2 is 2.23 bits per heavy atom. The van der Waals surface area contributed by atoms with Crippen molar-refractivity contribution in [3.8, 4) is 0 Å². The van der Waals surface area contributed by atoms with E-state index in [-0.39, 0.29) is 3.95 Å². The highest BCUT2D eigenvalue weighted by Gasteiger charge is 2.22. The molecule has 0 saturated heterocycles. The number of rotatable bonds is 3. The summed E-state index contributed by atoms with van der Waals surface area (Å²) in [6, 6.07) is 0. The molecule has 0 atom stereocenters. The fraction of sp³-hybridized carbons (Fsp3) is 0.571. The zero-order valence-corrected chi connectivity index (χ0v) is 10.5. The van der Waals surface area contributed by atoms with Crippen LogP contribution >= 0.6 is 27.7 Å². The molecule has 1 rings (SSSR count). The third kappa shape index (κ3) is 3.11. The SMILES string of the molecule is CC(C)SCC1=CS(=O)(=O)C(Br)=N1. The highest BCUT2D eigenvalue weighted by molar-refractivity contribution is 9.21. The summed E-state index contributed by atoms with van der Waals surface area (Å²) in [5, 5.41) is 1.70. The predicted octanol–water partition coefficient (Wildman–Crippen LogP) is 2.15. The zero-order valence-electron chi connectivity index (χ0n) is 7.32. The van der Waals surface area contributed by atoms with Gasteiger partial charge in [0.2, 0.25) is 13.8 Å². The lowest BCUT2D eigenvalue weighted by Gasteiger charge is -2.01. The van der Waals surface area contributed by atoms with Crippen LogP contribution in [0.1, 0.15) is 13.8 Å². The third-order valence-corrected chi connectivity index (χ3v) is 5.13. The van der Waals surface area contributed by atoms with Crippen molar-refractivity contribution in [1.29, 1.82) is 0 Å². The molecule has 0 spiro atoms. The molecule has 0 saturated carbocycles. The minimum absolute atomic E-state index is 0.0272. The Hall–Kier alpha value is 0.190. The Balaban J connectivity index is 2.67. The fourth-order valence-corrected chi connectivity index (χ4v) is 2.85. The lowest BCUT2D eigenvalue weighted by Crippen LogP contribution is -1.98. The van der Waals surface area contributed by atoms with Gasteiger partial charge in [0.25, 0.3) is 0 Å². The van der Waals surface area contributed by atoms with E-state index in [4.69, 9.17) is 0 Å². The van der Waals surface area contributed by atoms with Gasteiger partial charge in [-0.1, -0.05) is 13.8 Å². The Morgan fingerprint density at radius 1 is 1.62 bits per heavy atom. The van der Waals surface area contributed by atoms with Crippen LogP contribution in [0.2, 0.25) is 0 Å². The van der Waals surface area contributed by atoms with Crippen LogP contribution < -0.4 is 0 Å². The van der Waals surface area contributed by atoms with Crippen molar-refractivity contribution in [3.05, 3.63) is 11.1 Å². The smallest absolute Gasteiger partial charge is 0.225 e. The molecular weight excluding hydrogens is 274 g/mol. The molecule has 0 aliphatic carbocycles. The molecule has 0 aromatic carbocycles. The Labute approximate surface area is 90.7 Å². The van der Waals surface area contributed by atoms with Crippen LogP contribution in [0.25, 0.3) is 0 Å². The summed E-state index contributed by atoms with van der Waals surface area (Å²) in [5.74, 6) is 0.645. The molecular formula is C7H10BrNO2S2. The molecule has 0 amide bonds. The van der Waals surface area contributed by atoms with Crippen molar-refractivity contribution >= 4 is 41.5 Å². The van der Waals surface area contributed by atoms with Crippen LogP contribution in [-0.2, 0) is 9.84 Å². The molecule has 0 aromatic rings. The van der Waals surface area contributed by atoms with E-state index in [1.807, 2.05) is 0 Å². The Morgan fingerprint density at radius 3 is 2.62 bits per heavy atom. The maximum absolute atomic E-state index is 11.2. The Bertz CT molecular complexity index is 357. The van der Waals surface area contributed by atoms with Crippen molar-refractivity contribution in [2.75, 3.05) is 5.75 Å². The number of nitrogens with zero attached hydrogens (tertiary/aromatic N) is 1. The first-order chi connectivity index (χ1) is 5.92. The van der Waals surface area contributed by atoms with E-state index < -0.39 is 9.84 Å². The molecule has 0 fully saturated rings. The molecule has 1 aliphatic heterocycles. The van der Waals surface area contributed by atoms with Crippen molar-refractivity contribution < 1.29 is 8.42 Å². The molecule has 3 nitrogen and oxygen atoms in total. The zero-order chi connectivity index (χ0) is 10.1. The number of hydrogen-bond donors (Lipinski definition) is 0. The maximum Gasteiger partial charge on any atom is 0.225 e. The summed E-state index contributed by atoms with van der Waals surface area (Å²) >= 11 is 4.58. The normalized spacial score (nSPS) is 20.3. The van der Waals surface area contributed by atoms with Crippen molar-refractivity contribution in [2.24, 2.45) is 4.99 Å². The topological polar surface area (TPSA) is 46.5 Å². The molecule has 0 radical (unpaired) electrons. The second-order valence-corrected chi connectivity index (χ2v) is 7.43. The van der Waals surface area contributed by atoms with E-state index in [0.29, 0.717) is 16.7 Å². The number of aliphatic imine (C=N–C) groups is 1. The molecule has 13 heavy (non-hydrogen) atoms. The lowest BCUT2D eigenvalue weighted by atomic mass is 10.6. The Kier molecular flexibility index (Phi) is 3.59. The van der Waals surface area contributed by atoms with Gasteiger partial charge >= 0.3 is 0 Å². The third-order valence-electron chi connectivity index (χ3n) is 1.32. The van der Waals surface area contributed by atoms with E-state index in [2.05, 4.69) is 34.8 Å². The van der Waals surface area contributed by atoms with E-state index in [1.54, 1.807) is 11.8 Å². The van der Waals surface area contributed by atoms with E-state index in [9.17, 15) is 8.42 Å². The highest BCUT2D eigenvalue weighted by atomic mass is 79.9. The van der Waals surface area contributed by atoms with Crippen LogP contribution in [-0.4, -0.2) is 23.4 Å². The number of hydrogen-bond acceptors (Lipinski definition) is 4. The lowest BCUT2D eigenvalue weighted by molar-refractivity contribution is 0.616. The van der Waals surface area contributed by atoms with Gasteiger partial charge in [-0.25, -0.2) is 13.4 Å². The monoisotopic (exact) mass is 283 g/mol. The molecule has 1 heterocycles. The second-order valence-electron chi connectivity index (χ2n) is 2.88. The van der Waals surface area contributed by atoms with Crippen molar-refractivity contribution in [2.45, 2.75) is 19.1 Å². The first-order valence-corrected chi connectivity index (χ1v) is 7.12. The number of halogens is 1. The van der Waals surface area contributed by atoms with Crippen LogP contribution in [0.5, 0.6) is 0 Å². The van der Waals surface area contributed by atoms with Gasteiger partial charge in [-0.2, -0.15) is 11.8 Å². The van der Waals surface area contributed by atoms with Gasteiger partial charge in [-0.3, -0.25) is 0 Å². The van der Waals surface area contributed by atoms with Gasteiger partial charge in [0.1, 0.15) is 0 Å². The molecule has 1 aliphatic rings. The van der Waals surface area contributed by atoms with E-state index in [0.717, 1.165) is 0 Å². The number of thioether (sulfide) groups is 1.